The van der Waals surface area contributed by atoms with E-state index in [1.165, 1.54) is 18.9 Å². The summed E-state index contributed by atoms with van der Waals surface area (Å²) >= 11 is 0. The molecule has 0 aliphatic carbocycles. The van der Waals surface area contributed by atoms with Gasteiger partial charge in [0.2, 0.25) is 5.91 Å². The number of amides is 2. The summed E-state index contributed by atoms with van der Waals surface area (Å²) in [4.78, 5) is 36.4. The van der Waals surface area contributed by atoms with E-state index < -0.39 is 18.0 Å². The number of hydrogen-bond donors (Lipinski definition) is 3. The van der Waals surface area contributed by atoms with Gasteiger partial charge in [-0.05, 0) is 36.6 Å². The zero-order chi connectivity index (χ0) is 19.0. The highest BCUT2D eigenvalue weighted by atomic mass is 16.5. The Hall–Kier alpha value is -2.87. The smallest absolute Gasteiger partial charge is 0.352 e. The van der Waals surface area contributed by atoms with Crippen LogP contribution in [0.5, 0.6) is 5.75 Å². The summed E-state index contributed by atoms with van der Waals surface area (Å²) < 4.78 is 5.33. The van der Waals surface area contributed by atoms with Gasteiger partial charge in [-0.15, -0.1) is 0 Å². The predicted octanol–water partition coefficient (Wildman–Crippen LogP) is 0.219. The average Bonchev–Trinajstić information content (AvgIpc) is 2.95. The summed E-state index contributed by atoms with van der Waals surface area (Å²) in [6.45, 7) is 1.43. The SMILES string of the molecule is CNC(=O)COc1ccc(C2=C(C(=O)O)N3C(=O)[C@H]([C@@H](C)O)[C@H]3C2)cc1. The molecular weight excluding hydrogens is 340 g/mol. The number of β-lactam (4-membered cyclic amide) rings is 1. The van der Waals surface area contributed by atoms with Crippen LogP contribution in [0.1, 0.15) is 18.9 Å². The number of hydrogen-bond acceptors (Lipinski definition) is 5. The Morgan fingerprint density at radius 2 is 2.00 bits per heavy atom. The van der Waals surface area contributed by atoms with Crippen molar-refractivity contribution in [2.45, 2.75) is 25.5 Å². The van der Waals surface area contributed by atoms with Crippen molar-refractivity contribution < 1.29 is 29.3 Å². The summed E-state index contributed by atoms with van der Waals surface area (Å²) in [6.07, 6.45) is -0.444. The van der Waals surface area contributed by atoms with Crippen LogP contribution in [0.3, 0.4) is 0 Å². The van der Waals surface area contributed by atoms with E-state index in [1.54, 1.807) is 24.3 Å². The van der Waals surface area contributed by atoms with Crippen LogP contribution in [0.2, 0.25) is 0 Å². The minimum atomic E-state index is -1.17. The molecule has 1 aromatic carbocycles. The number of aliphatic hydroxyl groups excluding tert-OH is 1. The maximum absolute atomic E-state index is 12.2. The van der Waals surface area contributed by atoms with Crippen LogP contribution in [0.4, 0.5) is 0 Å². The molecule has 0 bridgehead atoms. The third-order valence-corrected chi connectivity index (χ3v) is 4.78. The van der Waals surface area contributed by atoms with E-state index >= 15 is 0 Å². The molecule has 0 spiro atoms. The van der Waals surface area contributed by atoms with Crippen molar-refractivity contribution in [1.29, 1.82) is 0 Å². The number of aliphatic carboxylic acids is 1. The number of ether oxygens (including phenoxy) is 1. The van der Waals surface area contributed by atoms with Crippen LogP contribution < -0.4 is 10.1 Å². The van der Waals surface area contributed by atoms with E-state index in [1.807, 2.05) is 0 Å². The van der Waals surface area contributed by atoms with Crippen LogP contribution in [0.15, 0.2) is 30.0 Å². The van der Waals surface area contributed by atoms with Crippen LogP contribution in [-0.4, -0.2) is 58.7 Å². The van der Waals surface area contributed by atoms with Crippen LogP contribution in [-0.2, 0) is 14.4 Å². The molecule has 26 heavy (non-hydrogen) atoms. The van der Waals surface area contributed by atoms with Gasteiger partial charge >= 0.3 is 5.97 Å². The van der Waals surface area contributed by atoms with Crippen molar-refractivity contribution in [2.24, 2.45) is 5.92 Å². The number of carboxylic acids is 1. The molecule has 3 N–H and O–H groups in total. The number of carbonyl (C=O) groups excluding carboxylic acids is 2. The molecular formula is C18H20N2O6. The van der Waals surface area contributed by atoms with Gasteiger partial charge in [-0.1, -0.05) is 12.1 Å². The molecule has 0 saturated carbocycles. The normalized spacial score (nSPS) is 22.6. The summed E-state index contributed by atoms with van der Waals surface area (Å²) in [5, 5.41) is 21.8. The lowest BCUT2D eigenvalue weighted by Crippen LogP contribution is -2.61. The van der Waals surface area contributed by atoms with Crippen LogP contribution >= 0.6 is 0 Å². The van der Waals surface area contributed by atoms with E-state index in [9.17, 15) is 24.6 Å². The lowest BCUT2D eigenvalue weighted by Gasteiger charge is -2.44. The van der Waals surface area contributed by atoms with E-state index in [0.717, 1.165) is 0 Å². The Bertz CT molecular complexity index is 783. The third-order valence-electron chi connectivity index (χ3n) is 4.78. The number of aliphatic hydroxyl groups is 1. The van der Waals surface area contributed by atoms with Gasteiger partial charge in [-0.2, -0.15) is 0 Å². The third kappa shape index (κ3) is 2.92. The maximum atomic E-state index is 12.2. The van der Waals surface area contributed by atoms with Gasteiger partial charge in [-0.25, -0.2) is 4.79 Å². The van der Waals surface area contributed by atoms with Gasteiger partial charge < -0.3 is 25.2 Å². The molecule has 1 saturated heterocycles. The Labute approximate surface area is 150 Å². The zero-order valence-electron chi connectivity index (χ0n) is 14.4. The number of rotatable bonds is 6. The lowest BCUT2D eigenvalue weighted by molar-refractivity contribution is -0.161. The van der Waals surface area contributed by atoms with Crippen molar-refractivity contribution in [2.75, 3.05) is 13.7 Å². The van der Waals surface area contributed by atoms with Gasteiger partial charge in [0.15, 0.2) is 6.61 Å². The van der Waals surface area contributed by atoms with E-state index in [0.29, 0.717) is 23.3 Å². The molecule has 8 heteroatoms. The predicted molar refractivity (Wildman–Crippen MR) is 91.0 cm³/mol. The van der Waals surface area contributed by atoms with Crippen LogP contribution in [0, 0.1) is 5.92 Å². The number of carboxylic acid groups (broad SMARTS) is 1. The number of nitrogens with zero attached hydrogens (tertiary/aromatic N) is 1. The van der Waals surface area contributed by atoms with E-state index in [2.05, 4.69) is 5.32 Å². The molecule has 2 heterocycles. The first-order valence-electron chi connectivity index (χ1n) is 8.26. The molecule has 2 aliphatic rings. The zero-order valence-corrected chi connectivity index (χ0v) is 14.4. The Balaban J connectivity index is 1.83. The summed E-state index contributed by atoms with van der Waals surface area (Å²) in [5.41, 5.74) is 1.19. The first-order chi connectivity index (χ1) is 12.3. The van der Waals surface area contributed by atoms with Crippen molar-refractivity contribution in [3.8, 4) is 5.75 Å². The molecule has 2 amide bonds. The van der Waals surface area contributed by atoms with Gasteiger partial charge in [0.05, 0.1) is 18.1 Å². The quantitative estimate of drug-likeness (QED) is 0.625. The molecule has 0 aromatic heterocycles. The fourth-order valence-electron chi connectivity index (χ4n) is 3.50. The second-order valence-corrected chi connectivity index (χ2v) is 6.36. The number of carbonyl (C=O) groups is 3. The second-order valence-electron chi connectivity index (χ2n) is 6.36. The molecule has 2 aliphatic heterocycles. The molecule has 0 radical (unpaired) electrons. The van der Waals surface area contributed by atoms with Crippen molar-refractivity contribution in [3.05, 3.63) is 35.5 Å². The van der Waals surface area contributed by atoms with Gasteiger partial charge in [0.1, 0.15) is 11.4 Å². The van der Waals surface area contributed by atoms with Crippen molar-refractivity contribution >= 4 is 23.4 Å². The van der Waals surface area contributed by atoms with Crippen LogP contribution in [0.25, 0.3) is 5.57 Å². The molecule has 3 atom stereocenters. The molecule has 1 fully saturated rings. The molecule has 3 rings (SSSR count). The first kappa shape index (κ1) is 17.9. The van der Waals surface area contributed by atoms with E-state index in [4.69, 9.17) is 4.74 Å². The van der Waals surface area contributed by atoms with Gasteiger partial charge in [0, 0.05) is 7.05 Å². The van der Waals surface area contributed by atoms with Gasteiger partial charge in [-0.3, -0.25) is 9.59 Å². The van der Waals surface area contributed by atoms with E-state index in [-0.39, 0.29) is 30.2 Å². The average molecular weight is 360 g/mol. The topological polar surface area (TPSA) is 116 Å². The Morgan fingerprint density at radius 1 is 1.35 bits per heavy atom. The fourth-order valence-corrected chi connectivity index (χ4v) is 3.50. The highest BCUT2D eigenvalue weighted by Crippen LogP contribution is 2.46. The molecule has 0 unspecified atom stereocenters. The summed E-state index contributed by atoms with van der Waals surface area (Å²) in [6, 6.07) is 6.37. The maximum Gasteiger partial charge on any atom is 0.352 e. The fraction of sp³-hybridized carbons (Fsp3) is 0.389. The monoisotopic (exact) mass is 360 g/mol. The number of nitrogens with one attached hydrogen (secondary N) is 1. The molecule has 8 nitrogen and oxygen atoms in total. The Morgan fingerprint density at radius 3 is 2.54 bits per heavy atom. The first-order valence-corrected chi connectivity index (χ1v) is 8.26. The minimum absolute atomic E-state index is 0.0315. The standard InChI is InChI=1S/C18H20N2O6/c1-9(21)15-13-7-12(16(18(24)25)20(13)17(15)23)10-3-5-11(6-4-10)26-8-14(22)19-2/h3-6,9,13,15,21H,7-8H2,1-2H3,(H,19,22)(H,24,25)/t9-,13-,15-/m1/s1. The largest absolute Gasteiger partial charge is 0.484 e. The van der Waals surface area contributed by atoms with Gasteiger partial charge in [0.25, 0.3) is 5.91 Å². The highest BCUT2D eigenvalue weighted by Gasteiger charge is 2.56. The highest BCUT2D eigenvalue weighted by molar-refractivity contribution is 6.06. The molecule has 1 aromatic rings. The summed E-state index contributed by atoms with van der Waals surface area (Å²) in [5.74, 6) is -1.87. The van der Waals surface area contributed by atoms with Crippen molar-refractivity contribution in [1.82, 2.24) is 10.2 Å². The lowest BCUT2D eigenvalue weighted by atomic mass is 9.82. The molecule has 138 valence electrons. The number of fused-ring (bicyclic) bond motifs is 1. The summed E-state index contributed by atoms with van der Waals surface area (Å²) in [7, 11) is 1.51. The number of likely N-dealkylation sites (N-methyl/N-ethyl adjacent to an activating group) is 1. The van der Waals surface area contributed by atoms with Crippen molar-refractivity contribution in [3.63, 3.8) is 0 Å². The second kappa shape index (κ2) is 6.80. The minimum Gasteiger partial charge on any atom is -0.484 e. The Kier molecular flexibility index (Phi) is 4.69. The number of benzene rings is 1.